The predicted molar refractivity (Wildman–Crippen MR) is 74.9 cm³/mol. The third-order valence-corrected chi connectivity index (χ3v) is 2.92. The number of terminal acetylenes is 1. The minimum absolute atomic E-state index is 0.268. The Labute approximate surface area is 108 Å². The smallest absolute Gasteiger partial charge is 0.0578 e. The van der Waals surface area contributed by atoms with Crippen LogP contribution < -0.4 is 5.32 Å². The van der Waals surface area contributed by atoms with Gasteiger partial charge < -0.3 is 0 Å². The topological polar surface area (TPSA) is 24.9 Å². The van der Waals surface area contributed by atoms with Crippen LogP contribution in [-0.2, 0) is 0 Å². The molecule has 0 unspecified atom stereocenters. The Morgan fingerprint density at radius 3 is 2.61 bits per heavy atom. The summed E-state index contributed by atoms with van der Waals surface area (Å²) in [7, 11) is 0. The Kier molecular flexibility index (Phi) is 4.11. The molecule has 2 heteroatoms. The third kappa shape index (κ3) is 2.97. The van der Waals surface area contributed by atoms with Gasteiger partial charge in [-0.3, -0.25) is 10.3 Å². The van der Waals surface area contributed by atoms with Crippen LogP contribution in [0.4, 0.5) is 0 Å². The van der Waals surface area contributed by atoms with Crippen molar-refractivity contribution in [2.45, 2.75) is 13.0 Å². The van der Waals surface area contributed by atoms with Crippen LogP contribution in [0.25, 0.3) is 11.1 Å². The highest BCUT2D eigenvalue weighted by Crippen LogP contribution is 2.20. The molecule has 0 fully saturated rings. The molecule has 90 valence electrons. The van der Waals surface area contributed by atoms with E-state index in [1.807, 2.05) is 12.3 Å². The first-order valence-electron chi connectivity index (χ1n) is 5.98. The van der Waals surface area contributed by atoms with E-state index < -0.39 is 0 Å². The Balaban J connectivity index is 2.13. The van der Waals surface area contributed by atoms with Crippen molar-refractivity contribution in [3.05, 3.63) is 54.4 Å². The lowest BCUT2D eigenvalue weighted by Gasteiger charge is -2.12. The quantitative estimate of drug-likeness (QED) is 0.825. The van der Waals surface area contributed by atoms with E-state index in [2.05, 4.69) is 53.5 Å². The van der Waals surface area contributed by atoms with E-state index >= 15 is 0 Å². The molecule has 1 atom stereocenters. The summed E-state index contributed by atoms with van der Waals surface area (Å²) in [5.74, 6) is 2.59. The van der Waals surface area contributed by atoms with Crippen LogP contribution in [-0.4, -0.2) is 11.5 Å². The van der Waals surface area contributed by atoms with Gasteiger partial charge in [0.15, 0.2) is 0 Å². The van der Waals surface area contributed by atoms with Crippen LogP contribution in [0.5, 0.6) is 0 Å². The maximum absolute atomic E-state index is 5.24. The average molecular weight is 236 g/mol. The van der Waals surface area contributed by atoms with E-state index in [0.717, 1.165) is 5.56 Å². The normalized spacial score (nSPS) is 11.8. The van der Waals surface area contributed by atoms with Crippen molar-refractivity contribution in [3.8, 4) is 23.5 Å². The molecule has 0 amide bonds. The summed E-state index contributed by atoms with van der Waals surface area (Å²) >= 11 is 0. The summed E-state index contributed by atoms with van der Waals surface area (Å²) in [6.07, 6.45) is 8.89. The number of nitrogens with one attached hydrogen (secondary N) is 1. The van der Waals surface area contributed by atoms with Crippen molar-refractivity contribution in [1.82, 2.24) is 10.3 Å². The van der Waals surface area contributed by atoms with E-state index in [1.165, 1.54) is 11.1 Å². The molecular weight excluding hydrogens is 220 g/mol. The first-order valence-corrected chi connectivity index (χ1v) is 5.98. The molecule has 2 rings (SSSR count). The van der Waals surface area contributed by atoms with Gasteiger partial charge in [0, 0.05) is 18.4 Å². The van der Waals surface area contributed by atoms with E-state index in [1.54, 1.807) is 6.20 Å². The van der Waals surface area contributed by atoms with Crippen molar-refractivity contribution in [2.24, 2.45) is 0 Å². The zero-order valence-corrected chi connectivity index (χ0v) is 10.4. The third-order valence-electron chi connectivity index (χ3n) is 2.92. The lowest BCUT2D eigenvalue weighted by Crippen LogP contribution is -2.18. The zero-order chi connectivity index (χ0) is 12.8. The Bertz CT molecular complexity index is 523. The molecule has 0 saturated carbocycles. The van der Waals surface area contributed by atoms with E-state index in [0.29, 0.717) is 6.54 Å². The molecule has 1 aromatic carbocycles. The Morgan fingerprint density at radius 2 is 2.00 bits per heavy atom. The summed E-state index contributed by atoms with van der Waals surface area (Å²) in [5, 5.41) is 3.26. The second-order valence-corrected chi connectivity index (χ2v) is 4.17. The maximum atomic E-state index is 5.24. The zero-order valence-electron chi connectivity index (χ0n) is 10.4. The molecule has 0 saturated heterocycles. The van der Waals surface area contributed by atoms with Gasteiger partial charge >= 0.3 is 0 Å². The highest BCUT2D eigenvalue weighted by atomic mass is 14.9. The lowest BCUT2D eigenvalue weighted by molar-refractivity contribution is 0.623. The summed E-state index contributed by atoms with van der Waals surface area (Å²) in [6, 6.07) is 12.7. The summed E-state index contributed by atoms with van der Waals surface area (Å²) < 4.78 is 0. The first-order chi connectivity index (χ1) is 8.81. The average Bonchev–Trinajstić information content (AvgIpc) is 2.46. The SMILES string of the molecule is C#CCN[C@@H](C)c1ccc(-c2cccnc2)cc1. The van der Waals surface area contributed by atoms with Gasteiger partial charge in [0.25, 0.3) is 0 Å². The van der Waals surface area contributed by atoms with Gasteiger partial charge in [0.2, 0.25) is 0 Å². The number of rotatable bonds is 4. The monoisotopic (exact) mass is 236 g/mol. The van der Waals surface area contributed by atoms with Crippen LogP contribution in [0.2, 0.25) is 0 Å². The van der Waals surface area contributed by atoms with Crippen LogP contribution in [0.1, 0.15) is 18.5 Å². The van der Waals surface area contributed by atoms with Crippen LogP contribution in [0, 0.1) is 12.3 Å². The molecule has 0 aliphatic rings. The van der Waals surface area contributed by atoms with Gasteiger partial charge in [-0.1, -0.05) is 36.3 Å². The Morgan fingerprint density at radius 1 is 1.22 bits per heavy atom. The predicted octanol–water partition coefficient (Wildman–Crippen LogP) is 3.03. The van der Waals surface area contributed by atoms with Gasteiger partial charge in [-0.05, 0) is 29.7 Å². The van der Waals surface area contributed by atoms with Gasteiger partial charge in [-0.25, -0.2) is 0 Å². The van der Waals surface area contributed by atoms with Crippen LogP contribution in [0.3, 0.4) is 0 Å². The summed E-state index contributed by atoms with van der Waals surface area (Å²) in [6.45, 7) is 2.70. The molecular formula is C16H16N2. The molecule has 18 heavy (non-hydrogen) atoms. The molecule has 0 aliphatic heterocycles. The van der Waals surface area contributed by atoms with Gasteiger partial charge in [0.05, 0.1) is 6.54 Å². The fourth-order valence-electron chi connectivity index (χ4n) is 1.83. The molecule has 2 nitrogen and oxygen atoms in total. The Hall–Kier alpha value is -2.11. The fraction of sp³-hybridized carbons (Fsp3) is 0.188. The minimum atomic E-state index is 0.268. The van der Waals surface area contributed by atoms with Gasteiger partial charge in [-0.15, -0.1) is 6.42 Å². The van der Waals surface area contributed by atoms with Gasteiger partial charge in [0.1, 0.15) is 0 Å². The molecule has 0 bridgehead atoms. The van der Waals surface area contributed by atoms with Crippen molar-refractivity contribution in [1.29, 1.82) is 0 Å². The lowest BCUT2D eigenvalue weighted by atomic mass is 10.0. The highest BCUT2D eigenvalue weighted by molar-refractivity contribution is 5.62. The highest BCUT2D eigenvalue weighted by Gasteiger charge is 2.04. The number of nitrogens with zero attached hydrogens (tertiary/aromatic N) is 1. The summed E-state index contributed by atoms with van der Waals surface area (Å²) in [5.41, 5.74) is 3.54. The largest absolute Gasteiger partial charge is 0.300 e. The number of aromatic nitrogens is 1. The number of hydrogen-bond donors (Lipinski definition) is 1. The van der Waals surface area contributed by atoms with E-state index in [-0.39, 0.29) is 6.04 Å². The van der Waals surface area contributed by atoms with Crippen molar-refractivity contribution >= 4 is 0 Å². The number of hydrogen-bond acceptors (Lipinski definition) is 2. The first kappa shape index (κ1) is 12.3. The van der Waals surface area contributed by atoms with Crippen molar-refractivity contribution in [2.75, 3.05) is 6.54 Å². The van der Waals surface area contributed by atoms with Crippen molar-refractivity contribution in [3.63, 3.8) is 0 Å². The van der Waals surface area contributed by atoms with Crippen molar-refractivity contribution < 1.29 is 0 Å². The number of benzene rings is 1. The molecule has 1 N–H and O–H groups in total. The van der Waals surface area contributed by atoms with Crippen LogP contribution in [0.15, 0.2) is 48.8 Å². The molecule has 1 heterocycles. The molecule has 1 aromatic heterocycles. The van der Waals surface area contributed by atoms with E-state index in [9.17, 15) is 0 Å². The number of pyridine rings is 1. The van der Waals surface area contributed by atoms with Crippen LogP contribution >= 0.6 is 0 Å². The second kappa shape index (κ2) is 6.00. The molecule has 0 spiro atoms. The minimum Gasteiger partial charge on any atom is -0.300 e. The summed E-state index contributed by atoms with van der Waals surface area (Å²) in [4.78, 5) is 4.12. The second-order valence-electron chi connectivity index (χ2n) is 4.17. The molecule has 2 aromatic rings. The van der Waals surface area contributed by atoms with Gasteiger partial charge in [-0.2, -0.15) is 0 Å². The van der Waals surface area contributed by atoms with E-state index in [4.69, 9.17) is 6.42 Å². The molecule has 0 radical (unpaired) electrons. The maximum Gasteiger partial charge on any atom is 0.0578 e. The standard InChI is InChI=1S/C16H16N2/c1-3-10-18-13(2)14-6-8-15(9-7-14)16-5-4-11-17-12-16/h1,4-9,11-13,18H,10H2,2H3/t13-/m0/s1. The molecule has 0 aliphatic carbocycles. The fourth-order valence-corrected chi connectivity index (χ4v) is 1.83.